The molecule has 4 rings (SSSR count). The van der Waals surface area contributed by atoms with Crippen LogP contribution in [0.25, 0.3) is 22.6 Å². The molecular formula is C19H19N3O3. The van der Waals surface area contributed by atoms with E-state index < -0.39 is 6.23 Å². The van der Waals surface area contributed by atoms with Crippen LogP contribution in [0.4, 0.5) is 0 Å². The third-order valence-corrected chi connectivity index (χ3v) is 4.38. The third-order valence-electron chi connectivity index (χ3n) is 4.38. The number of benzene rings is 2. The van der Waals surface area contributed by atoms with Gasteiger partial charge < -0.3 is 14.3 Å². The number of nitrogens with zero attached hydrogens (tertiary/aromatic N) is 2. The molecule has 2 N–H and O–H groups in total. The van der Waals surface area contributed by atoms with Gasteiger partial charge >= 0.3 is 0 Å². The molecule has 0 spiro atoms. The molecule has 3 aromatic rings. The molecule has 25 heavy (non-hydrogen) atoms. The molecule has 6 nitrogen and oxygen atoms in total. The van der Waals surface area contributed by atoms with E-state index in [0.717, 1.165) is 28.1 Å². The van der Waals surface area contributed by atoms with Gasteiger partial charge in [-0.15, -0.1) is 0 Å². The average molecular weight is 337 g/mol. The van der Waals surface area contributed by atoms with Gasteiger partial charge in [0, 0.05) is 23.5 Å². The van der Waals surface area contributed by atoms with Crippen molar-refractivity contribution in [3.8, 4) is 17.2 Å². The maximum absolute atomic E-state index is 9.63. The molecule has 0 aliphatic carbocycles. The first-order valence-corrected chi connectivity index (χ1v) is 8.20. The van der Waals surface area contributed by atoms with Crippen LogP contribution in [0.5, 0.6) is 5.75 Å². The molecular weight excluding hydrogens is 318 g/mol. The fraction of sp³-hybridized carbons (Fsp3) is 0.263. The normalized spacial score (nSPS) is 20.2. The first kappa shape index (κ1) is 15.7. The maximum Gasteiger partial charge on any atom is 0.227 e. The Morgan fingerprint density at radius 1 is 1.20 bits per heavy atom. The van der Waals surface area contributed by atoms with Gasteiger partial charge in [0.15, 0.2) is 5.58 Å². The van der Waals surface area contributed by atoms with E-state index in [1.807, 2.05) is 42.5 Å². The molecule has 2 aromatic carbocycles. The Labute approximate surface area is 145 Å². The van der Waals surface area contributed by atoms with Crippen molar-refractivity contribution < 1.29 is 14.3 Å². The second kappa shape index (κ2) is 6.22. The van der Waals surface area contributed by atoms with E-state index in [1.54, 1.807) is 7.11 Å². The summed E-state index contributed by atoms with van der Waals surface area (Å²) in [4.78, 5) is 4.56. The van der Waals surface area contributed by atoms with Gasteiger partial charge in [-0.1, -0.05) is 19.1 Å². The zero-order valence-corrected chi connectivity index (χ0v) is 14.1. The van der Waals surface area contributed by atoms with E-state index in [2.05, 4.69) is 22.4 Å². The molecule has 0 saturated carbocycles. The van der Waals surface area contributed by atoms with E-state index in [1.165, 1.54) is 0 Å². The third kappa shape index (κ3) is 2.96. The Kier molecular flexibility index (Phi) is 3.89. The molecule has 2 atom stereocenters. The molecule has 1 aliphatic rings. The van der Waals surface area contributed by atoms with Gasteiger partial charge in [-0.05, 0) is 30.3 Å². The van der Waals surface area contributed by atoms with E-state index in [-0.39, 0.29) is 5.92 Å². The SMILES string of the molecule is COc1cccc(-c2nc3ccc(C4=NNC(O)CC4C)cc3o2)c1. The van der Waals surface area contributed by atoms with E-state index in [0.29, 0.717) is 17.9 Å². The Hall–Kier alpha value is -2.86. The van der Waals surface area contributed by atoms with Gasteiger partial charge in [0.25, 0.3) is 0 Å². The summed E-state index contributed by atoms with van der Waals surface area (Å²) >= 11 is 0. The van der Waals surface area contributed by atoms with Crippen LogP contribution in [0.1, 0.15) is 18.9 Å². The van der Waals surface area contributed by atoms with Crippen molar-refractivity contribution >= 4 is 16.8 Å². The average Bonchev–Trinajstić information content (AvgIpc) is 3.05. The highest BCUT2D eigenvalue weighted by Gasteiger charge is 2.22. The lowest BCUT2D eigenvalue weighted by atomic mass is 9.93. The summed E-state index contributed by atoms with van der Waals surface area (Å²) in [5.41, 5.74) is 6.97. The van der Waals surface area contributed by atoms with Crippen LogP contribution >= 0.6 is 0 Å². The molecule has 128 valence electrons. The highest BCUT2D eigenvalue weighted by molar-refractivity contribution is 6.04. The number of hydrazone groups is 1. The van der Waals surface area contributed by atoms with E-state index in [4.69, 9.17) is 9.15 Å². The standard InChI is InChI=1S/C19H19N3O3/c1-11-8-17(23)21-22-18(11)12-6-7-15-16(10-12)25-19(20-15)13-4-3-5-14(9-13)24-2/h3-7,9-11,17,21,23H,8H2,1-2H3. The number of methoxy groups -OCH3 is 1. The molecule has 0 bridgehead atoms. The number of hydrogen-bond acceptors (Lipinski definition) is 6. The summed E-state index contributed by atoms with van der Waals surface area (Å²) in [7, 11) is 1.63. The second-order valence-corrected chi connectivity index (χ2v) is 6.21. The minimum Gasteiger partial charge on any atom is -0.497 e. The van der Waals surface area contributed by atoms with Crippen LogP contribution in [0, 0.1) is 5.92 Å². The number of oxazole rings is 1. The lowest BCUT2D eigenvalue weighted by Crippen LogP contribution is -2.35. The fourth-order valence-electron chi connectivity index (χ4n) is 3.07. The van der Waals surface area contributed by atoms with Crippen molar-refractivity contribution in [3.63, 3.8) is 0 Å². The fourth-order valence-corrected chi connectivity index (χ4v) is 3.07. The Morgan fingerprint density at radius 3 is 2.88 bits per heavy atom. The predicted octanol–water partition coefficient (Wildman–Crippen LogP) is 3.16. The van der Waals surface area contributed by atoms with Crippen LogP contribution in [0.2, 0.25) is 0 Å². The lowest BCUT2D eigenvalue weighted by Gasteiger charge is -2.24. The minimum absolute atomic E-state index is 0.162. The molecule has 2 heterocycles. The predicted molar refractivity (Wildman–Crippen MR) is 95.5 cm³/mol. The first-order valence-electron chi connectivity index (χ1n) is 8.20. The summed E-state index contributed by atoms with van der Waals surface area (Å²) in [6.07, 6.45) is 0.0370. The Bertz CT molecular complexity index is 948. The molecule has 1 aliphatic heterocycles. The zero-order valence-electron chi connectivity index (χ0n) is 14.1. The zero-order chi connectivity index (χ0) is 17.4. The largest absolute Gasteiger partial charge is 0.497 e. The van der Waals surface area contributed by atoms with Crippen molar-refractivity contribution in [1.82, 2.24) is 10.4 Å². The summed E-state index contributed by atoms with van der Waals surface area (Å²) in [5.74, 6) is 1.48. The van der Waals surface area contributed by atoms with Crippen molar-refractivity contribution in [2.24, 2.45) is 11.0 Å². The quantitative estimate of drug-likeness (QED) is 0.767. The Morgan fingerprint density at radius 2 is 2.08 bits per heavy atom. The van der Waals surface area contributed by atoms with Crippen LogP contribution in [0.3, 0.4) is 0 Å². The van der Waals surface area contributed by atoms with E-state index >= 15 is 0 Å². The number of nitrogens with one attached hydrogen (secondary N) is 1. The van der Waals surface area contributed by atoms with Gasteiger partial charge in [0.1, 0.15) is 17.5 Å². The molecule has 2 unspecified atom stereocenters. The molecule has 0 amide bonds. The van der Waals surface area contributed by atoms with Crippen molar-refractivity contribution in [1.29, 1.82) is 0 Å². The second-order valence-electron chi connectivity index (χ2n) is 6.21. The highest BCUT2D eigenvalue weighted by atomic mass is 16.5. The summed E-state index contributed by atoms with van der Waals surface area (Å²) in [5, 5.41) is 13.9. The topological polar surface area (TPSA) is 79.9 Å². The number of ether oxygens (including phenoxy) is 1. The summed E-state index contributed by atoms with van der Waals surface area (Å²) < 4.78 is 11.2. The van der Waals surface area contributed by atoms with Gasteiger partial charge in [-0.2, -0.15) is 5.10 Å². The molecule has 6 heteroatoms. The summed E-state index contributed by atoms with van der Waals surface area (Å²) in [6, 6.07) is 13.5. The number of fused-ring (bicyclic) bond motifs is 1. The smallest absolute Gasteiger partial charge is 0.227 e. The number of aliphatic hydroxyl groups is 1. The molecule has 0 saturated heterocycles. The van der Waals surface area contributed by atoms with Crippen molar-refractivity contribution in [3.05, 3.63) is 48.0 Å². The molecule has 0 radical (unpaired) electrons. The Balaban J connectivity index is 1.72. The van der Waals surface area contributed by atoms with Crippen LogP contribution < -0.4 is 10.2 Å². The van der Waals surface area contributed by atoms with Gasteiger partial charge in [0.2, 0.25) is 5.89 Å². The number of rotatable bonds is 3. The van der Waals surface area contributed by atoms with Gasteiger partial charge in [0.05, 0.1) is 12.8 Å². The van der Waals surface area contributed by atoms with Gasteiger partial charge in [-0.25, -0.2) is 4.98 Å². The van der Waals surface area contributed by atoms with E-state index in [9.17, 15) is 5.11 Å². The van der Waals surface area contributed by atoms with Crippen LogP contribution in [-0.4, -0.2) is 29.1 Å². The molecule has 1 aromatic heterocycles. The number of aromatic nitrogens is 1. The summed E-state index contributed by atoms with van der Waals surface area (Å²) in [6.45, 7) is 2.05. The first-order chi connectivity index (χ1) is 12.1. The van der Waals surface area contributed by atoms with Gasteiger partial charge in [-0.3, -0.25) is 5.43 Å². The minimum atomic E-state index is -0.590. The van der Waals surface area contributed by atoms with Crippen LogP contribution in [0.15, 0.2) is 52.0 Å². The maximum atomic E-state index is 9.63. The molecule has 0 fully saturated rings. The van der Waals surface area contributed by atoms with Crippen molar-refractivity contribution in [2.45, 2.75) is 19.6 Å². The highest BCUT2D eigenvalue weighted by Crippen LogP contribution is 2.28. The van der Waals surface area contributed by atoms with Crippen molar-refractivity contribution in [2.75, 3.05) is 7.11 Å². The number of aliphatic hydroxyl groups excluding tert-OH is 1. The number of hydrogen-bond donors (Lipinski definition) is 2. The monoisotopic (exact) mass is 337 g/mol. The lowest BCUT2D eigenvalue weighted by molar-refractivity contribution is 0.114. The van der Waals surface area contributed by atoms with Crippen LogP contribution in [-0.2, 0) is 0 Å².